The summed E-state index contributed by atoms with van der Waals surface area (Å²) in [7, 11) is -3.74. The van der Waals surface area contributed by atoms with E-state index >= 15 is 0 Å². The molecule has 1 amide bonds. The van der Waals surface area contributed by atoms with Crippen LogP contribution < -0.4 is 14.9 Å². The molecule has 0 saturated heterocycles. The highest BCUT2D eigenvalue weighted by molar-refractivity contribution is 7.92. The quantitative estimate of drug-likeness (QED) is 0.100. The summed E-state index contributed by atoms with van der Waals surface area (Å²) in [4.78, 5) is 24.5. The second-order valence-corrected chi connectivity index (χ2v) is 10.1. The SMILES string of the molecule is Cc1ccc(S(=O)(=O)Nc2ccc(C(=O)N/N=C\c3ccc(OC(=O)/C=C/c4ccccc4)cc3)cc2)cc1. The normalized spacial score (nSPS) is 11.4. The maximum Gasteiger partial charge on any atom is 0.336 e. The van der Waals surface area contributed by atoms with E-state index in [0.29, 0.717) is 22.6 Å². The minimum atomic E-state index is -3.74. The summed E-state index contributed by atoms with van der Waals surface area (Å²) in [5, 5.41) is 3.95. The van der Waals surface area contributed by atoms with Crippen molar-refractivity contribution >= 4 is 39.9 Å². The van der Waals surface area contributed by atoms with Gasteiger partial charge in [-0.1, -0.05) is 48.0 Å². The van der Waals surface area contributed by atoms with E-state index in [2.05, 4.69) is 15.2 Å². The van der Waals surface area contributed by atoms with Gasteiger partial charge in [0.25, 0.3) is 15.9 Å². The van der Waals surface area contributed by atoms with Gasteiger partial charge >= 0.3 is 5.97 Å². The van der Waals surface area contributed by atoms with Crippen molar-refractivity contribution in [2.24, 2.45) is 5.10 Å². The number of rotatable bonds is 9. The molecule has 0 atom stereocenters. The van der Waals surface area contributed by atoms with Gasteiger partial charge in [0.2, 0.25) is 0 Å². The Balaban J connectivity index is 1.27. The molecule has 0 aromatic heterocycles. The average molecular weight is 540 g/mol. The van der Waals surface area contributed by atoms with Gasteiger partial charge in [-0.25, -0.2) is 18.6 Å². The number of hydrogen-bond acceptors (Lipinski definition) is 6. The molecule has 8 nitrogen and oxygen atoms in total. The first-order valence-corrected chi connectivity index (χ1v) is 13.3. The molecular formula is C30H25N3O5S. The minimum absolute atomic E-state index is 0.148. The van der Waals surface area contributed by atoms with E-state index < -0.39 is 21.9 Å². The van der Waals surface area contributed by atoms with Crippen molar-refractivity contribution in [2.75, 3.05) is 4.72 Å². The fourth-order valence-electron chi connectivity index (χ4n) is 3.35. The molecule has 0 radical (unpaired) electrons. The molecule has 0 unspecified atom stereocenters. The van der Waals surface area contributed by atoms with Crippen molar-refractivity contribution in [3.8, 4) is 5.75 Å². The van der Waals surface area contributed by atoms with Crippen LogP contribution in [-0.4, -0.2) is 26.5 Å². The van der Waals surface area contributed by atoms with Crippen molar-refractivity contribution in [2.45, 2.75) is 11.8 Å². The number of anilines is 1. The van der Waals surface area contributed by atoms with Crippen LogP contribution in [0.2, 0.25) is 0 Å². The molecular weight excluding hydrogens is 514 g/mol. The third-order valence-electron chi connectivity index (χ3n) is 5.42. The molecule has 4 aromatic carbocycles. The summed E-state index contributed by atoms with van der Waals surface area (Å²) >= 11 is 0. The van der Waals surface area contributed by atoms with E-state index in [1.54, 1.807) is 42.5 Å². The van der Waals surface area contributed by atoms with Gasteiger partial charge in [-0.3, -0.25) is 9.52 Å². The average Bonchev–Trinajstić information content (AvgIpc) is 2.94. The molecule has 2 N–H and O–H groups in total. The third-order valence-corrected chi connectivity index (χ3v) is 6.82. The molecule has 0 aliphatic heterocycles. The van der Waals surface area contributed by atoms with Gasteiger partial charge in [-0.05, 0) is 84.8 Å². The highest BCUT2D eigenvalue weighted by atomic mass is 32.2. The summed E-state index contributed by atoms with van der Waals surface area (Å²) in [6, 6.07) is 28.5. The van der Waals surface area contributed by atoms with Gasteiger partial charge < -0.3 is 4.74 Å². The first-order valence-electron chi connectivity index (χ1n) is 11.9. The minimum Gasteiger partial charge on any atom is -0.423 e. The van der Waals surface area contributed by atoms with E-state index in [0.717, 1.165) is 11.1 Å². The fourth-order valence-corrected chi connectivity index (χ4v) is 4.41. The molecule has 9 heteroatoms. The maximum atomic E-state index is 12.5. The van der Waals surface area contributed by atoms with Gasteiger partial charge in [0, 0.05) is 17.3 Å². The van der Waals surface area contributed by atoms with Crippen molar-refractivity contribution < 1.29 is 22.7 Å². The first kappa shape index (κ1) is 27.0. The highest BCUT2D eigenvalue weighted by Gasteiger charge is 2.14. The molecule has 0 saturated carbocycles. The molecule has 0 aliphatic carbocycles. The van der Waals surface area contributed by atoms with Crippen LogP contribution in [0.15, 0.2) is 119 Å². The highest BCUT2D eigenvalue weighted by Crippen LogP contribution is 2.17. The topological polar surface area (TPSA) is 114 Å². The largest absolute Gasteiger partial charge is 0.423 e. The number of amides is 1. The Morgan fingerprint density at radius 1 is 0.795 bits per heavy atom. The molecule has 4 aromatic rings. The standard InChI is InChI=1S/C30H25N3O5S/c1-22-7-18-28(19-8-22)39(36,37)33-26-14-12-25(13-15-26)30(35)32-31-21-24-9-16-27(17-10-24)38-29(34)20-11-23-5-3-2-4-6-23/h2-21,33H,1H3,(H,32,35)/b20-11+,31-21-. The van der Waals surface area contributed by atoms with Gasteiger partial charge in [-0.15, -0.1) is 0 Å². The van der Waals surface area contributed by atoms with Gasteiger partial charge in [0.05, 0.1) is 11.1 Å². The number of nitrogens with one attached hydrogen (secondary N) is 2. The summed E-state index contributed by atoms with van der Waals surface area (Å²) in [6.07, 6.45) is 4.47. The summed E-state index contributed by atoms with van der Waals surface area (Å²) in [6.45, 7) is 1.87. The van der Waals surface area contributed by atoms with Crippen LogP contribution in [0.4, 0.5) is 5.69 Å². The van der Waals surface area contributed by atoms with Crippen LogP contribution in [0.5, 0.6) is 5.75 Å². The zero-order valence-corrected chi connectivity index (χ0v) is 21.8. The van der Waals surface area contributed by atoms with Gasteiger partial charge in [0.15, 0.2) is 0 Å². The predicted octanol–water partition coefficient (Wildman–Crippen LogP) is 5.18. The summed E-state index contributed by atoms with van der Waals surface area (Å²) in [5.74, 6) is -0.589. The van der Waals surface area contributed by atoms with E-state index in [1.807, 2.05) is 37.3 Å². The Kier molecular flexibility index (Phi) is 8.65. The molecule has 0 bridgehead atoms. The third kappa shape index (κ3) is 7.98. The zero-order chi connectivity index (χ0) is 27.7. The van der Waals surface area contributed by atoms with Crippen LogP contribution in [0, 0.1) is 6.92 Å². The van der Waals surface area contributed by atoms with Crippen LogP contribution in [0.1, 0.15) is 27.0 Å². The van der Waals surface area contributed by atoms with E-state index in [-0.39, 0.29) is 4.90 Å². The van der Waals surface area contributed by atoms with Crippen molar-refractivity contribution in [3.05, 3.63) is 131 Å². The molecule has 0 fully saturated rings. The zero-order valence-electron chi connectivity index (χ0n) is 20.9. The number of carbonyl (C=O) groups is 2. The number of sulfonamides is 1. The molecule has 196 valence electrons. The van der Waals surface area contributed by atoms with Crippen molar-refractivity contribution in [1.82, 2.24) is 5.43 Å². The number of hydrazone groups is 1. The lowest BCUT2D eigenvalue weighted by Gasteiger charge is -2.09. The lowest BCUT2D eigenvalue weighted by Crippen LogP contribution is -2.18. The van der Waals surface area contributed by atoms with Crippen LogP contribution in [-0.2, 0) is 14.8 Å². The lowest BCUT2D eigenvalue weighted by molar-refractivity contribution is -0.128. The molecule has 0 spiro atoms. The Hall–Kier alpha value is -5.02. The van der Waals surface area contributed by atoms with Gasteiger partial charge in [-0.2, -0.15) is 5.10 Å². The smallest absolute Gasteiger partial charge is 0.336 e. The summed E-state index contributed by atoms with van der Waals surface area (Å²) < 4.78 is 32.8. The second-order valence-electron chi connectivity index (χ2n) is 8.43. The van der Waals surface area contributed by atoms with E-state index in [1.165, 1.54) is 48.7 Å². The fraction of sp³-hybridized carbons (Fsp3) is 0.0333. The van der Waals surface area contributed by atoms with Crippen LogP contribution in [0.3, 0.4) is 0 Å². The van der Waals surface area contributed by atoms with Gasteiger partial charge in [0.1, 0.15) is 5.75 Å². The number of esters is 1. The predicted molar refractivity (Wildman–Crippen MR) is 151 cm³/mol. The monoisotopic (exact) mass is 539 g/mol. The number of hydrogen-bond donors (Lipinski definition) is 2. The summed E-state index contributed by atoms with van der Waals surface area (Å²) in [5.41, 5.74) is 5.57. The maximum absolute atomic E-state index is 12.5. The first-order chi connectivity index (χ1) is 18.8. The van der Waals surface area contributed by atoms with E-state index in [4.69, 9.17) is 4.74 Å². The Morgan fingerprint density at radius 3 is 2.13 bits per heavy atom. The second kappa shape index (κ2) is 12.5. The molecule has 4 rings (SSSR count). The van der Waals surface area contributed by atoms with E-state index in [9.17, 15) is 18.0 Å². The Labute approximate surface area is 226 Å². The molecule has 39 heavy (non-hydrogen) atoms. The lowest BCUT2D eigenvalue weighted by atomic mass is 10.2. The number of benzene rings is 4. The Morgan fingerprint density at radius 2 is 1.46 bits per heavy atom. The number of nitrogens with zero attached hydrogens (tertiary/aromatic N) is 1. The number of aryl methyl sites for hydroxylation is 1. The van der Waals surface area contributed by atoms with Crippen LogP contribution in [0.25, 0.3) is 6.08 Å². The van der Waals surface area contributed by atoms with Crippen LogP contribution >= 0.6 is 0 Å². The van der Waals surface area contributed by atoms with Crippen molar-refractivity contribution in [1.29, 1.82) is 0 Å². The Bertz CT molecular complexity index is 1600. The van der Waals surface area contributed by atoms with Crippen molar-refractivity contribution in [3.63, 3.8) is 0 Å². The molecule has 0 aliphatic rings. The number of ether oxygens (including phenoxy) is 1. The molecule has 0 heterocycles. The number of carbonyl (C=O) groups excluding carboxylic acids is 2.